The third-order valence-corrected chi connectivity index (χ3v) is 2.93. The maximum atomic E-state index is 11.7. The summed E-state index contributed by atoms with van der Waals surface area (Å²) >= 11 is 0. The highest BCUT2D eigenvalue weighted by atomic mass is 16.5. The van der Waals surface area contributed by atoms with Gasteiger partial charge in [-0.1, -0.05) is 0 Å². The van der Waals surface area contributed by atoms with Crippen molar-refractivity contribution in [3.8, 4) is 0 Å². The van der Waals surface area contributed by atoms with Crippen LogP contribution in [0.3, 0.4) is 0 Å². The molecule has 0 unspecified atom stereocenters. The first-order valence-electron chi connectivity index (χ1n) is 5.97. The van der Waals surface area contributed by atoms with E-state index in [-0.39, 0.29) is 12.5 Å². The average molecular weight is 248 g/mol. The first kappa shape index (κ1) is 12.4. The number of carbonyl (C=O) groups is 2. The summed E-state index contributed by atoms with van der Waals surface area (Å²) in [5.41, 5.74) is 6.50. The van der Waals surface area contributed by atoms with E-state index < -0.39 is 5.97 Å². The van der Waals surface area contributed by atoms with E-state index in [2.05, 4.69) is 0 Å². The monoisotopic (exact) mass is 248 g/mol. The van der Waals surface area contributed by atoms with E-state index in [1.54, 1.807) is 29.2 Å². The molecule has 2 rings (SSSR count). The number of nitrogens with zero attached hydrogens (tertiary/aromatic N) is 1. The van der Waals surface area contributed by atoms with E-state index in [0.29, 0.717) is 11.3 Å². The maximum Gasteiger partial charge on any atom is 0.338 e. The van der Waals surface area contributed by atoms with Crippen LogP contribution in [0, 0.1) is 0 Å². The largest absolute Gasteiger partial charge is 0.452 e. The van der Waals surface area contributed by atoms with Gasteiger partial charge in [-0.3, -0.25) is 4.79 Å². The molecule has 96 valence electrons. The Balaban J connectivity index is 1.84. The lowest BCUT2D eigenvalue weighted by atomic mass is 10.2. The number of benzene rings is 1. The second-order valence-corrected chi connectivity index (χ2v) is 4.29. The fourth-order valence-corrected chi connectivity index (χ4v) is 1.89. The third-order valence-electron chi connectivity index (χ3n) is 2.93. The van der Waals surface area contributed by atoms with Gasteiger partial charge in [0.05, 0.1) is 5.56 Å². The van der Waals surface area contributed by atoms with Gasteiger partial charge in [-0.2, -0.15) is 0 Å². The van der Waals surface area contributed by atoms with Crippen LogP contribution in [0.2, 0.25) is 0 Å². The molecule has 0 spiro atoms. The van der Waals surface area contributed by atoms with Gasteiger partial charge in [0.2, 0.25) is 0 Å². The number of hydrogen-bond acceptors (Lipinski definition) is 4. The van der Waals surface area contributed by atoms with Crippen molar-refractivity contribution in [3.05, 3.63) is 29.8 Å². The minimum Gasteiger partial charge on any atom is -0.452 e. The summed E-state index contributed by atoms with van der Waals surface area (Å²) in [7, 11) is 0. The van der Waals surface area contributed by atoms with Crippen molar-refractivity contribution in [1.29, 1.82) is 0 Å². The lowest BCUT2D eigenvalue weighted by Crippen LogP contribution is -2.32. The molecule has 1 aromatic rings. The van der Waals surface area contributed by atoms with Crippen LogP contribution in [0.1, 0.15) is 23.2 Å². The van der Waals surface area contributed by atoms with Crippen molar-refractivity contribution >= 4 is 17.6 Å². The third kappa shape index (κ3) is 3.00. The maximum absolute atomic E-state index is 11.7. The number of nitrogens with two attached hydrogens (primary N) is 1. The molecule has 1 fully saturated rings. The van der Waals surface area contributed by atoms with Crippen LogP contribution < -0.4 is 5.73 Å². The van der Waals surface area contributed by atoms with Crippen LogP contribution in [0.15, 0.2) is 24.3 Å². The van der Waals surface area contributed by atoms with E-state index in [0.717, 1.165) is 25.9 Å². The van der Waals surface area contributed by atoms with E-state index in [1.165, 1.54) is 0 Å². The van der Waals surface area contributed by atoms with Gasteiger partial charge in [-0.05, 0) is 37.1 Å². The first-order valence-corrected chi connectivity index (χ1v) is 5.97. The zero-order valence-corrected chi connectivity index (χ0v) is 10.1. The Labute approximate surface area is 106 Å². The summed E-state index contributed by atoms with van der Waals surface area (Å²) in [6, 6.07) is 6.41. The van der Waals surface area contributed by atoms with Crippen LogP contribution in [-0.4, -0.2) is 36.5 Å². The van der Waals surface area contributed by atoms with Gasteiger partial charge in [0, 0.05) is 18.8 Å². The van der Waals surface area contributed by atoms with Gasteiger partial charge in [0.15, 0.2) is 6.61 Å². The number of hydrogen-bond donors (Lipinski definition) is 1. The number of amides is 1. The summed E-state index contributed by atoms with van der Waals surface area (Å²) < 4.78 is 4.97. The smallest absolute Gasteiger partial charge is 0.338 e. The van der Waals surface area contributed by atoms with Gasteiger partial charge < -0.3 is 15.4 Å². The van der Waals surface area contributed by atoms with Gasteiger partial charge in [-0.15, -0.1) is 0 Å². The molecule has 0 aromatic heterocycles. The molecule has 1 heterocycles. The van der Waals surface area contributed by atoms with Gasteiger partial charge in [-0.25, -0.2) is 4.79 Å². The fraction of sp³-hybridized carbons (Fsp3) is 0.385. The molecule has 0 aliphatic carbocycles. The highest BCUT2D eigenvalue weighted by Crippen LogP contribution is 2.09. The molecule has 1 aliphatic heterocycles. The van der Waals surface area contributed by atoms with Crippen LogP contribution in [-0.2, 0) is 9.53 Å². The fourth-order valence-electron chi connectivity index (χ4n) is 1.89. The van der Waals surface area contributed by atoms with Crippen LogP contribution >= 0.6 is 0 Å². The Morgan fingerprint density at radius 2 is 1.78 bits per heavy atom. The normalized spacial score (nSPS) is 14.6. The number of rotatable bonds is 3. The molecule has 1 saturated heterocycles. The van der Waals surface area contributed by atoms with Gasteiger partial charge in [0.25, 0.3) is 5.91 Å². The molecule has 1 aliphatic rings. The minimum atomic E-state index is -0.498. The molecule has 2 N–H and O–H groups in total. The predicted molar refractivity (Wildman–Crippen MR) is 67.0 cm³/mol. The zero-order chi connectivity index (χ0) is 13.0. The van der Waals surface area contributed by atoms with E-state index in [1.807, 2.05) is 0 Å². The highest BCUT2D eigenvalue weighted by Gasteiger charge is 2.19. The number of esters is 1. The Morgan fingerprint density at radius 3 is 2.39 bits per heavy atom. The SMILES string of the molecule is Nc1ccc(C(=O)OCC(=O)N2CCCC2)cc1. The summed E-state index contributed by atoms with van der Waals surface area (Å²) in [5.74, 6) is -0.626. The second kappa shape index (κ2) is 5.53. The van der Waals surface area contributed by atoms with E-state index in [4.69, 9.17) is 10.5 Å². The summed E-state index contributed by atoms with van der Waals surface area (Å²) in [6.45, 7) is 1.33. The molecular weight excluding hydrogens is 232 g/mol. The minimum absolute atomic E-state index is 0.128. The van der Waals surface area contributed by atoms with Crippen molar-refractivity contribution in [2.75, 3.05) is 25.4 Å². The molecule has 5 heteroatoms. The van der Waals surface area contributed by atoms with Crippen molar-refractivity contribution in [1.82, 2.24) is 4.90 Å². The molecule has 5 nitrogen and oxygen atoms in total. The molecule has 18 heavy (non-hydrogen) atoms. The number of carbonyl (C=O) groups excluding carboxylic acids is 2. The van der Waals surface area contributed by atoms with Crippen LogP contribution in [0.25, 0.3) is 0 Å². The summed E-state index contributed by atoms with van der Waals surface area (Å²) in [4.78, 5) is 25.0. The topological polar surface area (TPSA) is 72.6 Å². The second-order valence-electron chi connectivity index (χ2n) is 4.29. The van der Waals surface area contributed by atoms with Crippen molar-refractivity contribution < 1.29 is 14.3 Å². The van der Waals surface area contributed by atoms with Crippen molar-refractivity contribution in [2.45, 2.75) is 12.8 Å². The molecule has 1 aromatic carbocycles. The van der Waals surface area contributed by atoms with Crippen LogP contribution in [0.4, 0.5) is 5.69 Å². The Kier molecular flexibility index (Phi) is 3.82. The first-order chi connectivity index (χ1) is 8.66. The molecule has 1 amide bonds. The standard InChI is InChI=1S/C13H16N2O3/c14-11-5-3-10(4-6-11)13(17)18-9-12(16)15-7-1-2-8-15/h3-6H,1-2,7-9,14H2. The molecule has 0 saturated carbocycles. The highest BCUT2D eigenvalue weighted by molar-refractivity contribution is 5.91. The van der Waals surface area contributed by atoms with Crippen LogP contribution in [0.5, 0.6) is 0 Å². The lowest BCUT2D eigenvalue weighted by molar-refractivity contribution is -0.133. The van der Waals surface area contributed by atoms with E-state index in [9.17, 15) is 9.59 Å². The average Bonchev–Trinajstić information content (AvgIpc) is 2.90. The Hall–Kier alpha value is -2.04. The number of ether oxygens (including phenoxy) is 1. The Bertz CT molecular complexity index is 436. The molecule has 0 bridgehead atoms. The lowest BCUT2D eigenvalue weighted by Gasteiger charge is -2.14. The number of nitrogen functional groups attached to an aromatic ring is 1. The molecule has 0 atom stereocenters. The quantitative estimate of drug-likeness (QED) is 0.641. The number of anilines is 1. The zero-order valence-electron chi connectivity index (χ0n) is 10.1. The summed E-state index contributed by atoms with van der Waals surface area (Å²) in [5, 5.41) is 0. The van der Waals surface area contributed by atoms with Crippen molar-refractivity contribution in [3.63, 3.8) is 0 Å². The summed E-state index contributed by atoms with van der Waals surface area (Å²) in [6.07, 6.45) is 2.05. The number of likely N-dealkylation sites (tertiary alicyclic amines) is 1. The molecule has 0 radical (unpaired) electrons. The Morgan fingerprint density at radius 1 is 1.17 bits per heavy atom. The predicted octanol–water partition coefficient (Wildman–Crippen LogP) is 1.05. The van der Waals surface area contributed by atoms with Crippen molar-refractivity contribution in [2.24, 2.45) is 0 Å². The van der Waals surface area contributed by atoms with Gasteiger partial charge >= 0.3 is 5.97 Å². The van der Waals surface area contributed by atoms with E-state index >= 15 is 0 Å². The molecular formula is C13H16N2O3. The van der Waals surface area contributed by atoms with Gasteiger partial charge in [0.1, 0.15) is 0 Å².